The Hall–Kier alpha value is -2.46. The molecular weight excluding hydrogens is 270 g/mol. The van der Waals surface area contributed by atoms with Gasteiger partial charge in [-0.1, -0.05) is 30.3 Å². The molecule has 0 radical (unpaired) electrons. The van der Waals surface area contributed by atoms with Crippen LogP contribution < -0.4 is 5.63 Å². The molecule has 0 saturated carbocycles. The first-order valence-electron chi connectivity index (χ1n) is 6.19. The van der Waals surface area contributed by atoms with Crippen LogP contribution in [-0.2, 0) is 0 Å². The first kappa shape index (κ1) is 11.4. The van der Waals surface area contributed by atoms with Crippen molar-refractivity contribution in [3.63, 3.8) is 0 Å². The summed E-state index contributed by atoms with van der Waals surface area (Å²) in [5.74, 6) is 0.382. The average molecular weight is 279 g/mol. The van der Waals surface area contributed by atoms with Crippen LogP contribution in [0.1, 0.15) is 0 Å². The molecule has 96 valence electrons. The third kappa shape index (κ3) is 1.73. The van der Waals surface area contributed by atoms with Crippen molar-refractivity contribution in [2.75, 3.05) is 0 Å². The second-order valence-corrected chi connectivity index (χ2v) is 5.45. The molecule has 0 unspecified atom stereocenters. The predicted molar refractivity (Wildman–Crippen MR) is 81.1 cm³/mol. The summed E-state index contributed by atoms with van der Waals surface area (Å²) in [7, 11) is 0. The van der Waals surface area contributed by atoms with Gasteiger partial charge in [0.15, 0.2) is 0 Å². The minimum absolute atomic E-state index is 0.343. The van der Waals surface area contributed by atoms with Crippen LogP contribution in [0.2, 0.25) is 0 Å². The fraction of sp³-hybridized carbons (Fsp3) is 0. The third-order valence-corrected chi connectivity index (χ3v) is 4.09. The summed E-state index contributed by atoms with van der Waals surface area (Å²) < 4.78 is 5.33. The number of nitrogens with zero attached hydrogens (tertiary/aromatic N) is 1. The molecule has 4 aromatic rings. The van der Waals surface area contributed by atoms with E-state index < -0.39 is 0 Å². The fourth-order valence-electron chi connectivity index (χ4n) is 2.26. The summed E-state index contributed by atoms with van der Waals surface area (Å²) in [6, 6.07) is 15.5. The van der Waals surface area contributed by atoms with E-state index in [1.807, 2.05) is 53.9 Å². The average Bonchev–Trinajstić information content (AvgIpc) is 2.99. The van der Waals surface area contributed by atoms with Crippen LogP contribution in [0.25, 0.3) is 32.4 Å². The normalized spacial score (nSPS) is 11.2. The molecule has 3 nitrogen and oxygen atoms in total. The molecular formula is C16H9NO2S. The van der Waals surface area contributed by atoms with Crippen LogP contribution in [0, 0.1) is 0 Å². The third-order valence-electron chi connectivity index (χ3n) is 3.23. The Balaban J connectivity index is 2.09. The molecule has 2 aromatic carbocycles. The zero-order chi connectivity index (χ0) is 13.5. The lowest BCUT2D eigenvalue weighted by atomic mass is 10.1. The SMILES string of the molecule is O=c1oc(-c2cccs2)nc2cc3ccccc3cc12. The Morgan fingerprint density at radius 3 is 2.55 bits per heavy atom. The molecule has 4 rings (SSSR count). The van der Waals surface area contributed by atoms with Gasteiger partial charge in [-0.3, -0.25) is 0 Å². The van der Waals surface area contributed by atoms with E-state index in [1.165, 1.54) is 11.3 Å². The van der Waals surface area contributed by atoms with E-state index in [2.05, 4.69) is 4.98 Å². The maximum atomic E-state index is 12.1. The lowest BCUT2D eigenvalue weighted by Gasteiger charge is -2.02. The smallest absolute Gasteiger partial charge is 0.347 e. The highest BCUT2D eigenvalue weighted by atomic mass is 32.1. The monoisotopic (exact) mass is 279 g/mol. The minimum Gasteiger partial charge on any atom is -0.402 e. The van der Waals surface area contributed by atoms with Crippen LogP contribution in [0.15, 0.2) is 63.1 Å². The zero-order valence-electron chi connectivity index (χ0n) is 10.4. The van der Waals surface area contributed by atoms with Crippen molar-refractivity contribution in [3.8, 4) is 10.8 Å². The van der Waals surface area contributed by atoms with E-state index in [-0.39, 0.29) is 5.63 Å². The molecule has 0 bridgehead atoms. The molecule has 0 saturated heterocycles. The maximum absolute atomic E-state index is 12.1. The largest absolute Gasteiger partial charge is 0.402 e. The summed E-state index contributed by atoms with van der Waals surface area (Å²) in [6.07, 6.45) is 0. The number of fused-ring (bicyclic) bond motifs is 2. The number of benzene rings is 2. The van der Waals surface area contributed by atoms with Crippen molar-refractivity contribution in [1.82, 2.24) is 4.98 Å². The molecule has 0 amide bonds. The highest BCUT2D eigenvalue weighted by Gasteiger charge is 2.10. The Morgan fingerprint density at radius 2 is 1.80 bits per heavy atom. The molecule has 0 N–H and O–H groups in total. The van der Waals surface area contributed by atoms with E-state index in [0.717, 1.165) is 15.6 Å². The molecule has 2 heterocycles. The molecule has 4 heteroatoms. The Labute approximate surface area is 118 Å². The minimum atomic E-state index is -0.343. The summed E-state index contributed by atoms with van der Waals surface area (Å²) >= 11 is 1.50. The number of rotatable bonds is 1. The summed E-state index contributed by atoms with van der Waals surface area (Å²) in [5, 5.41) is 4.53. The Kier molecular flexibility index (Phi) is 2.44. The van der Waals surface area contributed by atoms with Gasteiger partial charge >= 0.3 is 5.63 Å². The van der Waals surface area contributed by atoms with Gasteiger partial charge in [0.25, 0.3) is 0 Å². The molecule has 0 aliphatic carbocycles. The van der Waals surface area contributed by atoms with Gasteiger partial charge in [0.05, 0.1) is 15.8 Å². The molecule has 20 heavy (non-hydrogen) atoms. The van der Waals surface area contributed by atoms with Gasteiger partial charge in [0, 0.05) is 0 Å². The summed E-state index contributed by atoms with van der Waals surface area (Å²) in [4.78, 5) is 17.5. The Bertz CT molecular complexity index is 971. The highest BCUT2D eigenvalue weighted by Crippen LogP contribution is 2.25. The fourth-order valence-corrected chi connectivity index (χ4v) is 2.91. The summed E-state index contributed by atoms with van der Waals surface area (Å²) in [6.45, 7) is 0. The molecule has 0 spiro atoms. The molecule has 0 aliphatic rings. The molecule has 2 aromatic heterocycles. The predicted octanol–water partition coefficient (Wildman–Crippen LogP) is 4.07. The van der Waals surface area contributed by atoms with E-state index >= 15 is 0 Å². The van der Waals surface area contributed by atoms with E-state index in [0.29, 0.717) is 16.8 Å². The second-order valence-electron chi connectivity index (χ2n) is 4.50. The highest BCUT2D eigenvalue weighted by molar-refractivity contribution is 7.13. The molecule has 0 atom stereocenters. The van der Waals surface area contributed by atoms with Crippen molar-refractivity contribution in [1.29, 1.82) is 0 Å². The second kappa shape index (κ2) is 4.28. The van der Waals surface area contributed by atoms with Crippen LogP contribution >= 0.6 is 11.3 Å². The van der Waals surface area contributed by atoms with Gasteiger partial charge in [-0.15, -0.1) is 11.3 Å². The van der Waals surface area contributed by atoms with Crippen molar-refractivity contribution in [3.05, 3.63) is 64.3 Å². The number of hydrogen-bond donors (Lipinski definition) is 0. The van der Waals surface area contributed by atoms with Gasteiger partial charge in [0.1, 0.15) is 0 Å². The topological polar surface area (TPSA) is 43.1 Å². The quantitative estimate of drug-likeness (QED) is 0.493. The number of thiophene rings is 1. The standard InChI is InChI=1S/C16H9NO2S/c18-16-12-8-10-4-1-2-5-11(10)9-13(12)17-15(19-16)14-6-3-7-20-14/h1-9H. The molecule has 0 aliphatic heterocycles. The lowest BCUT2D eigenvalue weighted by Crippen LogP contribution is -2.02. The van der Waals surface area contributed by atoms with E-state index in [9.17, 15) is 4.79 Å². The van der Waals surface area contributed by atoms with E-state index in [4.69, 9.17) is 4.42 Å². The summed E-state index contributed by atoms with van der Waals surface area (Å²) in [5.41, 5.74) is 0.326. The van der Waals surface area contributed by atoms with Crippen LogP contribution in [0.3, 0.4) is 0 Å². The first-order valence-corrected chi connectivity index (χ1v) is 7.07. The van der Waals surface area contributed by atoms with Crippen LogP contribution in [0.4, 0.5) is 0 Å². The van der Waals surface area contributed by atoms with Crippen molar-refractivity contribution < 1.29 is 4.42 Å². The van der Waals surface area contributed by atoms with Crippen molar-refractivity contribution in [2.24, 2.45) is 0 Å². The van der Waals surface area contributed by atoms with Crippen LogP contribution in [0.5, 0.6) is 0 Å². The maximum Gasteiger partial charge on any atom is 0.347 e. The number of hydrogen-bond acceptors (Lipinski definition) is 4. The van der Waals surface area contributed by atoms with Crippen molar-refractivity contribution in [2.45, 2.75) is 0 Å². The lowest BCUT2D eigenvalue weighted by molar-refractivity contribution is 0.520. The van der Waals surface area contributed by atoms with Gasteiger partial charge in [-0.2, -0.15) is 0 Å². The molecule has 0 fully saturated rings. The zero-order valence-corrected chi connectivity index (χ0v) is 11.2. The van der Waals surface area contributed by atoms with Crippen LogP contribution in [-0.4, -0.2) is 4.98 Å². The number of aromatic nitrogens is 1. The van der Waals surface area contributed by atoms with E-state index in [1.54, 1.807) is 0 Å². The van der Waals surface area contributed by atoms with Gasteiger partial charge in [0.2, 0.25) is 5.89 Å². The van der Waals surface area contributed by atoms with Gasteiger partial charge in [-0.25, -0.2) is 9.78 Å². The van der Waals surface area contributed by atoms with Gasteiger partial charge < -0.3 is 4.42 Å². The Morgan fingerprint density at radius 1 is 1.00 bits per heavy atom. The van der Waals surface area contributed by atoms with Gasteiger partial charge in [-0.05, 0) is 34.4 Å². The van der Waals surface area contributed by atoms with Crippen molar-refractivity contribution >= 4 is 33.0 Å². The first-order chi connectivity index (χ1) is 9.81.